The molecule has 0 saturated heterocycles. The number of rotatable bonds is 2. The Bertz CT molecular complexity index is 228. The molecular formula is C13H26N2S. The first-order valence-electron chi connectivity index (χ1n) is 6.47. The van der Waals surface area contributed by atoms with Crippen molar-refractivity contribution >= 4 is 17.3 Å². The highest BCUT2D eigenvalue weighted by Crippen LogP contribution is 2.32. The van der Waals surface area contributed by atoms with Crippen LogP contribution in [0.2, 0.25) is 0 Å². The number of hydrogen-bond acceptors (Lipinski definition) is 1. The van der Waals surface area contributed by atoms with E-state index in [2.05, 4.69) is 45.3 Å². The zero-order valence-electron chi connectivity index (χ0n) is 11.2. The van der Waals surface area contributed by atoms with Gasteiger partial charge in [-0.1, -0.05) is 20.8 Å². The van der Waals surface area contributed by atoms with Gasteiger partial charge in [0, 0.05) is 12.1 Å². The van der Waals surface area contributed by atoms with Gasteiger partial charge in [-0.2, -0.15) is 0 Å². The lowest BCUT2D eigenvalue weighted by atomic mass is 9.74. The Kier molecular flexibility index (Phi) is 5.03. The van der Waals surface area contributed by atoms with Crippen LogP contribution in [0.5, 0.6) is 0 Å². The minimum Gasteiger partial charge on any atom is -0.361 e. The molecule has 0 aromatic rings. The van der Waals surface area contributed by atoms with Gasteiger partial charge in [0.05, 0.1) is 0 Å². The van der Waals surface area contributed by atoms with Crippen LogP contribution in [0.15, 0.2) is 0 Å². The predicted molar refractivity (Wildman–Crippen MR) is 74.5 cm³/mol. The maximum absolute atomic E-state index is 5.32. The number of thiocarbonyl (C=S) groups is 1. The van der Waals surface area contributed by atoms with Crippen molar-refractivity contribution < 1.29 is 0 Å². The second-order valence-corrected chi connectivity index (χ2v) is 6.24. The molecule has 1 fully saturated rings. The predicted octanol–water partition coefficient (Wildman–Crippen LogP) is 2.93. The Hall–Kier alpha value is -0.310. The van der Waals surface area contributed by atoms with Crippen molar-refractivity contribution in [3.63, 3.8) is 0 Å². The molecule has 1 aliphatic carbocycles. The summed E-state index contributed by atoms with van der Waals surface area (Å²) in [4.78, 5) is 0. The van der Waals surface area contributed by atoms with Crippen LogP contribution in [0.1, 0.15) is 47.5 Å². The molecule has 0 aromatic heterocycles. The summed E-state index contributed by atoms with van der Waals surface area (Å²) in [5.41, 5.74) is 0. The van der Waals surface area contributed by atoms with Gasteiger partial charge in [-0.05, 0) is 56.7 Å². The fourth-order valence-electron chi connectivity index (χ4n) is 2.96. The summed E-state index contributed by atoms with van der Waals surface area (Å²) in [5, 5.41) is 7.57. The monoisotopic (exact) mass is 242 g/mol. The Labute approximate surface area is 106 Å². The third kappa shape index (κ3) is 3.93. The summed E-state index contributed by atoms with van der Waals surface area (Å²) in [7, 11) is 0. The molecule has 2 unspecified atom stereocenters. The van der Waals surface area contributed by atoms with Crippen LogP contribution in [-0.4, -0.2) is 17.2 Å². The maximum atomic E-state index is 5.32. The largest absolute Gasteiger partial charge is 0.361 e. The summed E-state index contributed by atoms with van der Waals surface area (Å²) in [6.07, 6.45) is 2.62. The molecule has 16 heavy (non-hydrogen) atoms. The summed E-state index contributed by atoms with van der Waals surface area (Å²) in [6, 6.07) is 0.947. The Morgan fingerprint density at radius 3 is 2.06 bits per heavy atom. The lowest BCUT2D eigenvalue weighted by molar-refractivity contribution is 0.180. The van der Waals surface area contributed by atoms with Crippen molar-refractivity contribution in [3.8, 4) is 0 Å². The SMILES string of the molecule is CC1CC(C)C(NC(=S)NC(C)C)C(C)C1. The smallest absolute Gasteiger partial charge is 0.166 e. The minimum atomic E-state index is 0.410. The molecule has 1 aliphatic rings. The van der Waals surface area contributed by atoms with Crippen molar-refractivity contribution in [1.29, 1.82) is 0 Å². The van der Waals surface area contributed by atoms with Crippen LogP contribution < -0.4 is 10.6 Å². The lowest BCUT2D eigenvalue weighted by Crippen LogP contribution is -2.51. The molecule has 2 N–H and O–H groups in total. The van der Waals surface area contributed by atoms with Crippen molar-refractivity contribution in [3.05, 3.63) is 0 Å². The summed E-state index contributed by atoms with van der Waals surface area (Å²) >= 11 is 5.32. The summed E-state index contributed by atoms with van der Waals surface area (Å²) in [6.45, 7) is 11.3. The van der Waals surface area contributed by atoms with Crippen LogP contribution >= 0.6 is 12.2 Å². The first-order chi connectivity index (χ1) is 7.40. The van der Waals surface area contributed by atoms with Crippen LogP contribution in [0.3, 0.4) is 0 Å². The second-order valence-electron chi connectivity index (χ2n) is 5.83. The molecule has 0 aromatic carbocycles. The van der Waals surface area contributed by atoms with Crippen molar-refractivity contribution in [2.45, 2.75) is 59.5 Å². The normalized spacial score (nSPS) is 34.9. The van der Waals surface area contributed by atoms with E-state index in [9.17, 15) is 0 Å². The molecule has 0 amide bonds. The quantitative estimate of drug-likeness (QED) is 0.728. The molecule has 0 aliphatic heterocycles. The van der Waals surface area contributed by atoms with E-state index >= 15 is 0 Å². The maximum Gasteiger partial charge on any atom is 0.166 e. The van der Waals surface area contributed by atoms with E-state index in [1.54, 1.807) is 0 Å². The molecule has 0 radical (unpaired) electrons. The van der Waals surface area contributed by atoms with Crippen molar-refractivity contribution in [2.75, 3.05) is 0 Å². The highest BCUT2D eigenvalue weighted by atomic mass is 32.1. The number of nitrogens with one attached hydrogen (secondary N) is 2. The third-order valence-corrected chi connectivity index (χ3v) is 3.73. The van der Waals surface area contributed by atoms with E-state index in [0.29, 0.717) is 23.9 Å². The zero-order chi connectivity index (χ0) is 12.3. The van der Waals surface area contributed by atoms with Crippen molar-refractivity contribution in [1.82, 2.24) is 10.6 Å². The molecule has 1 rings (SSSR count). The molecule has 94 valence electrons. The lowest BCUT2D eigenvalue weighted by Gasteiger charge is -2.39. The second kappa shape index (κ2) is 5.85. The average molecular weight is 242 g/mol. The Morgan fingerprint density at radius 1 is 1.12 bits per heavy atom. The number of hydrogen-bond donors (Lipinski definition) is 2. The molecular weight excluding hydrogens is 216 g/mol. The summed E-state index contributed by atoms with van der Waals surface area (Å²) in [5.74, 6) is 2.28. The van der Waals surface area contributed by atoms with Gasteiger partial charge in [0.15, 0.2) is 5.11 Å². The summed E-state index contributed by atoms with van der Waals surface area (Å²) < 4.78 is 0. The topological polar surface area (TPSA) is 24.1 Å². The van der Waals surface area contributed by atoms with Gasteiger partial charge in [0.25, 0.3) is 0 Å². The van der Waals surface area contributed by atoms with E-state index in [-0.39, 0.29) is 0 Å². The van der Waals surface area contributed by atoms with Gasteiger partial charge in [0.1, 0.15) is 0 Å². The van der Waals surface area contributed by atoms with Gasteiger partial charge in [-0.25, -0.2) is 0 Å². The van der Waals surface area contributed by atoms with Crippen LogP contribution in [-0.2, 0) is 0 Å². The van der Waals surface area contributed by atoms with E-state index in [1.165, 1.54) is 12.8 Å². The van der Waals surface area contributed by atoms with E-state index < -0.39 is 0 Å². The molecule has 1 saturated carbocycles. The Balaban J connectivity index is 2.49. The highest BCUT2D eigenvalue weighted by Gasteiger charge is 2.31. The van der Waals surface area contributed by atoms with E-state index in [0.717, 1.165) is 11.0 Å². The molecule has 0 heterocycles. The van der Waals surface area contributed by atoms with Crippen LogP contribution in [0, 0.1) is 17.8 Å². The molecule has 3 heteroatoms. The highest BCUT2D eigenvalue weighted by molar-refractivity contribution is 7.80. The molecule has 2 atom stereocenters. The van der Waals surface area contributed by atoms with Crippen LogP contribution in [0.4, 0.5) is 0 Å². The van der Waals surface area contributed by atoms with Gasteiger partial charge >= 0.3 is 0 Å². The molecule has 2 nitrogen and oxygen atoms in total. The Morgan fingerprint density at radius 2 is 1.62 bits per heavy atom. The van der Waals surface area contributed by atoms with Crippen molar-refractivity contribution in [2.24, 2.45) is 17.8 Å². The van der Waals surface area contributed by atoms with Gasteiger partial charge in [-0.15, -0.1) is 0 Å². The molecule has 0 bridgehead atoms. The first kappa shape index (κ1) is 13.8. The van der Waals surface area contributed by atoms with Gasteiger partial charge < -0.3 is 10.6 Å². The fraction of sp³-hybridized carbons (Fsp3) is 0.923. The average Bonchev–Trinajstić information content (AvgIpc) is 2.09. The molecule has 0 spiro atoms. The third-order valence-electron chi connectivity index (χ3n) is 3.49. The van der Waals surface area contributed by atoms with E-state index in [1.807, 2.05) is 0 Å². The van der Waals surface area contributed by atoms with Crippen LogP contribution in [0.25, 0.3) is 0 Å². The standard InChI is InChI=1S/C13H26N2S/c1-8(2)14-13(16)15-12-10(4)6-9(3)7-11(12)5/h8-12H,6-7H2,1-5H3,(H2,14,15,16). The zero-order valence-corrected chi connectivity index (χ0v) is 12.0. The van der Waals surface area contributed by atoms with Gasteiger partial charge in [0.2, 0.25) is 0 Å². The fourth-order valence-corrected chi connectivity index (χ4v) is 3.33. The van der Waals surface area contributed by atoms with E-state index in [4.69, 9.17) is 12.2 Å². The minimum absolute atomic E-state index is 0.410. The van der Waals surface area contributed by atoms with Gasteiger partial charge in [-0.3, -0.25) is 0 Å². The first-order valence-corrected chi connectivity index (χ1v) is 6.88.